The Morgan fingerprint density at radius 1 is 0.657 bits per heavy atom. The second kappa shape index (κ2) is 7.35. The Morgan fingerprint density at radius 3 is 1.83 bits per heavy atom. The fraction of sp³-hybridized carbons (Fsp3) is 0.357. The van der Waals surface area contributed by atoms with Crippen molar-refractivity contribution >= 4 is 0 Å². The molecule has 4 heterocycles. The fourth-order valence-electron chi connectivity index (χ4n) is 6.11. The van der Waals surface area contributed by atoms with E-state index >= 15 is 0 Å². The molecule has 8 rings (SSSR count). The number of hydrogen-bond acceptors (Lipinski definition) is 4. The number of halogens is 1. The van der Waals surface area contributed by atoms with Crippen molar-refractivity contribution in [3.05, 3.63) is 72.3 Å². The minimum atomic E-state index is -0.358. The Kier molecular flexibility index (Phi) is 4.19. The molecule has 2 aromatic heterocycles. The zero-order valence-corrected chi connectivity index (χ0v) is 19.3. The van der Waals surface area contributed by atoms with E-state index in [0.29, 0.717) is 29.6 Å². The molecule has 4 N–H and O–H groups in total. The van der Waals surface area contributed by atoms with Crippen LogP contribution in [0.5, 0.6) is 0 Å². The molecule has 2 aliphatic heterocycles. The zero-order chi connectivity index (χ0) is 23.1. The van der Waals surface area contributed by atoms with Crippen LogP contribution in [0.15, 0.2) is 54.7 Å². The normalized spacial score (nSPS) is 30.3. The Bertz CT molecular complexity index is 1380. The van der Waals surface area contributed by atoms with Crippen molar-refractivity contribution in [3.8, 4) is 33.6 Å². The van der Waals surface area contributed by atoms with Crippen LogP contribution in [0, 0.1) is 17.8 Å². The van der Waals surface area contributed by atoms with Crippen LogP contribution in [0.3, 0.4) is 0 Å². The van der Waals surface area contributed by atoms with Gasteiger partial charge in [0.05, 0.1) is 24.0 Å². The summed E-state index contributed by atoms with van der Waals surface area (Å²) in [7, 11) is 0. The fourth-order valence-corrected chi connectivity index (χ4v) is 6.11. The SMILES string of the molecule is Fc1[nH]c([C@@H]2C[C@H]3C[C@H]3N2)nc1-c1ccc(-c2ccc(-c3cnc([C@@H]4C[C@H]5C[C@H]5N4)[nH]3)cc2)cc1. The molecule has 4 fully saturated rings. The lowest BCUT2D eigenvalue weighted by atomic mass is 10.0. The summed E-state index contributed by atoms with van der Waals surface area (Å²) in [5, 5.41) is 7.18. The molecule has 2 aliphatic carbocycles. The molecule has 0 unspecified atom stereocenters. The molecule has 2 saturated carbocycles. The molecule has 4 aliphatic rings. The summed E-state index contributed by atoms with van der Waals surface area (Å²) >= 11 is 0. The van der Waals surface area contributed by atoms with E-state index in [9.17, 15) is 4.39 Å². The van der Waals surface area contributed by atoms with Gasteiger partial charge >= 0.3 is 0 Å². The van der Waals surface area contributed by atoms with Gasteiger partial charge in [0.1, 0.15) is 17.3 Å². The number of nitrogens with one attached hydrogen (secondary N) is 4. The van der Waals surface area contributed by atoms with Crippen molar-refractivity contribution < 1.29 is 4.39 Å². The lowest BCUT2D eigenvalue weighted by molar-refractivity contribution is 0.528. The van der Waals surface area contributed by atoms with E-state index in [1.807, 2.05) is 30.5 Å². The molecular formula is C28H27FN6. The monoisotopic (exact) mass is 466 g/mol. The van der Waals surface area contributed by atoms with Crippen LogP contribution in [0.25, 0.3) is 33.6 Å². The first-order valence-electron chi connectivity index (χ1n) is 12.7. The quantitative estimate of drug-likeness (QED) is 0.329. The van der Waals surface area contributed by atoms with Gasteiger partial charge in [-0.05, 0) is 54.2 Å². The Morgan fingerprint density at radius 2 is 1.23 bits per heavy atom. The number of imidazole rings is 2. The Hall–Kier alpha value is -3.29. The maximum atomic E-state index is 14.7. The maximum absolute atomic E-state index is 14.7. The predicted octanol–water partition coefficient (Wildman–Crippen LogP) is 5.12. The summed E-state index contributed by atoms with van der Waals surface area (Å²) in [6, 6.07) is 18.3. The summed E-state index contributed by atoms with van der Waals surface area (Å²) in [6.07, 6.45) is 6.74. The van der Waals surface area contributed by atoms with Gasteiger partial charge in [0, 0.05) is 17.6 Å². The first kappa shape index (κ1) is 20.0. The second-order valence-corrected chi connectivity index (χ2v) is 10.7. The van der Waals surface area contributed by atoms with Crippen LogP contribution in [0.2, 0.25) is 0 Å². The van der Waals surface area contributed by atoms with Gasteiger partial charge in [0.25, 0.3) is 0 Å². The number of aromatic amines is 2. The number of aromatic nitrogens is 4. The summed E-state index contributed by atoms with van der Waals surface area (Å²) in [5.41, 5.74) is 5.56. The molecule has 0 radical (unpaired) electrons. The average molecular weight is 467 g/mol. The zero-order valence-electron chi connectivity index (χ0n) is 19.3. The predicted molar refractivity (Wildman–Crippen MR) is 132 cm³/mol. The van der Waals surface area contributed by atoms with Gasteiger partial charge in [-0.1, -0.05) is 48.5 Å². The van der Waals surface area contributed by atoms with E-state index in [0.717, 1.165) is 52.0 Å². The molecule has 0 amide bonds. The third-order valence-electron chi connectivity index (χ3n) is 8.37. The molecule has 2 aromatic carbocycles. The van der Waals surface area contributed by atoms with Crippen molar-refractivity contribution in [2.24, 2.45) is 11.8 Å². The smallest absolute Gasteiger partial charge is 0.219 e. The minimum Gasteiger partial charge on any atom is -0.341 e. The lowest BCUT2D eigenvalue weighted by Gasteiger charge is -2.09. The number of H-pyrrole nitrogens is 2. The molecule has 4 aromatic rings. The highest BCUT2D eigenvalue weighted by molar-refractivity contribution is 5.71. The van der Waals surface area contributed by atoms with Gasteiger partial charge < -0.3 is 20.6 Å². The van der Waals surface area contributed by atoms with Crippen LogP contribution in [-0.4, -0.2) is 32.0 Å². The molecule has 0 spiro atoms. The summed E-state index contributed by atoms with van der Waals surface area (Å²) in [4.78, 5) is 15.6. The summed E-state index contributed by atoms with van der Waals surface area (Å²) in [5.74, 6) is 2.99. The highest BCUT2D eigenvalue weighted by Crippen LogP contribution is 2.46. The molecule has 2 saturated heterocycles. The molecule has 6 atom stereocenters. The third kappa shape index (κ3) is 3.45. The van der Waals surface area contributed by atoms with Gasteiger partial charge in [-0.2, -0.15) is 4.39 Å². The van der Waals surface area contributed by atoms with E-state index in [4.69, 9.17) is 0 Å². The second-order valence-electron chi connectivity index (χ2n) is 10.7. The Balaban J connectivity index is 0.987. The largest absolute Gasteiger partial charge is 0.341 e. The number of piperidine rings is 2. The topological polar surface area (TPSA) is 81.4 Å². The van der Waals surface area contributed by atoms with Crippen LogP contribution >= 0.6 is 0 Å². The molecule has 0 bridgehead atoms. The van der Waals surface area contributed by atoms with E-state index in [1.54, 1.807) is 0 Å². The number of rotatable bonds is 5. The number of nitrogens with zero attached hydrogens (tertiary/aromatic N) is 2. The van der Waals surface area contributed by atoms with Crippen molar-refractivity contribution in [2.75, 3.05) is 0 Å². The molecule has 35 heavy (non-hydrogen) atoms. The lowest BCUT2D eigenvalue weighted by Crippen LogP contribution is -2.18. The number of hydrogen-bond donors (Lipinski definition) is 4. The van der Waals surface area contributed by atoms with E-state index in [-0.39, 0.29) is 12.0 Å². The van der Waals surface area contributed by atoms with E-state index < -0.39 is 0 Å². The van der Waals surface area contributed by atoms with Crippen molar-refractivity contribution in [1.29, 1.82) is 0 Å². The number of benzene rings is 2. The van der Waals surface area contributed by atoms with Gasteiger partial charge in [-0.25, -0.2) is 9.97 Å². The standard InChI is InChI=1S/C28H27FN6/c29-26-25(34-28(35-26)23-12-19-10-21(19)32-23)17-7-3-15(4-8-17)14-1-5-16(6-2-14)24-13-30-27(33-24)22-11-18-9-20(18)31-22/h1-8,13,18-23,31-32H,9-12H2,(H,30,33)(H,34,35)/t18-,19-,20-,21-,22+,23+/m1/s1. The highest BCUT2D eigenvalue weighted by atomic mass is 19.1. The van der Waals surface area contributed by atoms with Crippen molar-refractivity contribution in [3.63, 3.8) is 0 Å². The van der Waals surface area contributed by atoms with E-state index in [1.165, 1.54) is 19.3 Å². The van der Waals surface area contributed by atoms with Gasteiger partial charge in [0.2, 0.25) is 5.95 Å². The Labute approximate surface area is 202 Å². The molecule has 7 heteroatoms. The number of fused-ring (bicyclic) bond motifs is 2. The third-order valence-corrected chi connectivity index (χ3v) is 8.37. The van der Waals surface area contributed by atoms with Gasteiger partial charge in [0.15, 0.2) is 0 Å². The summed E-state index contributed by atoms with van der Waals surface area (Å²) < 4.78 is 14.7. The summed E-state index contributed by atoms with van der Waals surface area (Å²) in [6.45, 7) is 0. The molecular weight excluding hydrogens is 439 g/mol. The first-order valence-corrected chi connectivity index (χ1v) is 12.7. The van der Waals surface area contributed by atoms with Gasteiger partial charge in [-0.3, -0.25) is 0 Å². The van der Waals surface area contributed by atoms with Crippen molar-refractivity contribution in [1.82, 2.24) is 30.6 Å². The van der Waals surface area contributed by atoms with Crippen LogP contribution in [-0.2, 0) is 0 Å². The average Bonchev–Trinajstić information content (AvgIpc) is 3.47. The first-order chi connectivity index (χ1) is 17.2. The molecule has 6 nitrogen and oxygen atoms in total. The molecule has 176 valence electrons. The maximum Gasteiger partial charge on any atom is 0.219 e. The van der Waals surface area contributed by atoms with Crippen molar-refractivity contribution in [2.45, 2.75) is 49.9 Å². The minimum absolute atomic E-state index is 0.144. The van der Waals surface area contributed by atoms with Gasteiger partial charge in [-0.15, -0.1) is 0 Å². The van der Waals surface area contributed by atoms with Crippen LogP contribution < -0.4 is 10.6 Å². The highest BCUT2D eigenvalue weighted by Gasteiger charge is 2.47. The van der Waals surface area contributed by atoms with Crippen LogP contribution in [0.4, 0.5) is 4.39 Å². The van der Waals surface area contributed by atoms with Crippen LogP contribution in [0.1, 0.15) is 49.4 Å². The van der Waals surface area contributed by atoms with E-state index in [2.05, 4.69) is 54.8 Å².